The molecule has 1 aliphatic heterocycles. The Morgan fingerprint density at radius 2 is 1.86 bits per heavy atom. The highest BCUT2D eigenvalue weighted by Crippen LogP contribution is 2.22. The first-order chi connectivity index (χ1) is 21.3. The van der Waals surface area contributed by atoms with Gasteiger partial charge in [0.05, 0.1) is 29.8 Å². The van der Waals surface area contributed by atoms with E-state index in [0.29, 0.717) is 37.7 Å². The summed E-state index contributed by atoms with van der Waals surface area (Å²) in [5.41, 5.74) is 3.61. The maximum absolute atomic E-state index is 13.7. The fraction of sp³-hybridized carbons (Fsp3) is 0.343. The molecule has 9 heteroatoms. The summed E-state index contributed by atoms with van der Waals surface area (Å²) in [6.45, 7) is 2.58. The van der Waals surface area contributed by atoms with Crippen LogP contribution in [0.15, 0.2) is 85.1 Å². The lowest BCUT2D eigenvalue weighted by atomic mass is 10.0. The molecule has 9 nitrogen and oxygen atoms in total. The summed E-state index contributed by atoms with van der Waals surface area (Å²) < 4.78 is 0. The molecule has 0 aliphatic carbocycles. The number of β-amino-alcohol motifs (C(OH)–C–C–N with tert-alkyl or cyclic N) is 1. The molecule has 44 heavy (non-hydrogen) atoms. The fourth-order valence-corrected chi connectivity index (χ4v) is 5.84. The average molecular weight is 594 g/mol. The van der Waals surface area contributed by atoms with Crippen LogP contribution in [0.2, 0.25) is 0 Å². The van der Waals surface area contributed by atoms with Gasteiger partial charge in [-0.2, -0.15) is 0 Å². The van der Waals surface area contributed by atoms with Crippen molar-refractivity contribution in [1.82, 2.24) is 25.1 Å². The maximum Gasteiger partial charge on any atom is 0.270 e. The molecule has 0 spiro atoms. The Morgan fingerprint density at radius 1 is 1.05 bits per heavy atom. The first-order valence-corrected chi connectivity index (χ1v) is 15.2. The van der Waals surface area contributed by atoms with Gasteiger partial charge in [0.15, 0.2) is 0 Å². The highest BCUT2D eigenvalue weighted by molar-refractivity contribution is 5.97. The standard InChI is InChI=1S/C35H39N5O4/c1-3-10-30(38-34(43)29-18-17-25-12-4-5-15-28(25)37-29)35(44)39(2)31-16-9-20-40(23-32(31)41)33(42)22-24-11-8-13-26(21-24)27-14-6-7-19-36-27/h4-8,11-15,17-19,21,30-32,41H,3,9-10,16,20,22-23H2,1-2H3,(H,38,43). The maximum atomic E-state index is 13.7. The van der Waals surface area contributed by atoms with E-state index in [2.05, 4.69) is 15.3 Å². The molecular formula is C35H39N5O4. The van der Waals surface area contributed by atoms with Crippen LogP contribution in [0.25, 0.3) is 22.2 Å². The number of para-hydroxylation sites is 1. The van der Waals surface area contributed by atoms with Crippen LogP contribution >= 0.6 is 0 Å². The van der Waals surface area contributed by atoms with Gasteiger partial charge in [-0.3, -0.25) is 19.4 Å². The summed E-state index contributed by atoms with van der Waals surface area (Å²) in [4.78, 5) is 52.2. The molecule has 228 valence electrons. The van der Waals surface area contributed by atoms with Crippen LogP contribution in [0.1, 0.15) is 48.7 Å². The van der Waals surface area contributed by atoms with E-state index in [0.717, 1.165) is 22.2 Å². The molecule has 2 N–H and O–H groups in total. The second-order valence-electron chi connectivity index (χ2n) is 11.4. The van der Waals surface area contributed by atoms with Gasteiger partial charge in [0.25, 0.3) is 5.91 Å². The number of aliphatic hydroxyl groups is 1. The van der Waals surface area contributed by atoms with E-state index in [1.807, 2.05) is 79.7 Å². The Kier molecular flexibility index (Phi) is 9.96. The van der Waals surface area contributed by atoms with Crippen molar-refractivity contribution in [2.24, 2.45) is 0 Å². The predicted molar refractivity (Wildman–Crippen MR) is 170 cm³/mol. The SMILES string of the molecule is CCCC(NC(=O)c1ccc2ccccc2n1)C(=O)N(C)C1CCCN(C(=O)Cc2cccc(-c3ccccn3)c2)CC1O. The highest BCUT2D eigenvalue weighted by atomic mass is 16.3. The molecule has 3 amide bonds. The molecule has 5 rings (SSSR count). The van der Waals surface area contributed by atoms with E-state index in [1.54, 1.807) is 29.1 Å². The molecule has 3 unspecified atom stereocenters. The quantitative estimate of drug-likeness (QED) is 0.300. The largest absolute Gasteiger partial charge is 0.389 e. The number of likely N-dealkylation sites (N-methyl/N-ethyl adjacent to an activating group) is 1. The molecular weight excluding hydrogens is 554 g/mol. The summed E-state index contributed by atoms with van der Waals surface area (Å²) in [7, 11) is 1.67. The van der Waals surface area contributed by atoms with Crippen LogP contribution in [0.5, 0.6) is 0 Å². The van der Waals surface area contributed by atoms with E-state index in [4.69, 9.17) is 0 Å². The second kappa shape index (κ2) is 14.2. The predicted octanol–water partition coefficient (Wildman–Crippen LogP) is 4.25. The van der Waals surface area contributed by atoms with E-state index in [1.165, 1.54) is 0 Å². The average Bonchev–Trinajstić information content (AvgIpc) is 3.25. The monoisotopic (exact) mass is 593 g/mol. The first kappa shape index (κ1) is 30.8. The number of carbonyl (C=O) groups excluding carboxylic acids is 3. The third-order valence-electron chi connectivity index (χ3n) is 8.23. The Bertz CT molecular complexity index is 1610. The number of hydrogen-bond acceptors (Lipinski definition) is 6. The van der Waals surface area contributed by atoms with Crippen molar-refractivity contribution >= 4 is 28.6 Å². The van der Waals surface area contributed by atoms with Crippen molar-refractivity contribution in [3.63, 3.8) is 0 Å². The van der Waals surface area contributed by atoms with E-state index >= 15 is 0 Å². The number of pyridine rings is 2. The molecule has 1 aliphatic rings. The normalized spacial score (nSPS) is 17.5. The van der Waals surface area contributed by atoms with Gasteiger partial charge < -0.3 is 20.2 Å². The summed E-state index contributed by atoms with van der Waals surface area (Å²) in [5.74, 6) is -0.756. The van der Waals surface area contributed by atoms with E-state index in [9.17, 15) is 19.5 Å². The molecule has 1 saturated heterocycles. The topological polar surface area (TPSA) is 116 Å². The van der Waals surface area contributed by atoms with Gasteiger partial charge in [0.1, 0.15) is 11.7 Å². The van der Waals surface area contributed by atoms with Gasteiger partial charge in [-0.1, -0.05) is 61.9 Å². The molecule has 0 saturated carbocycles. The number of aliphatic hydroxyl groups excluding tert-OH is 1. The summed E-state index contributed by atoms with van der Waals surface area (Å²) >= 11 is 0. The van der Waals surface area contributed by atoms with Crippen LogP contribution in [-0.4, -0.2) is 80.9 Å². The highest BCUT2D eigenvalue weighted by Gasteiger charge is 2.35. The summed E-state index contributed by atoms with van der Waals surface area (Å²) in [6.07, 6.45) is 3.35. The number of carbonyl (C=O) groups is 3. The number of fused-ring (bicyclic) bond motifs is 1. The Morgan fingerprint density at radius 3 is 2.66 bits per heavy atom. The lowest BCUT2D eigenvalue weighted by molar-refractivity contribution is -0.137. The van der Waals surface area contributed by atoms with Crippen molar-refractivity contribution in [3.8, 4) is 11.3 Å². The molecule has 1 fully saturated rings. The number of rotatable bonds is 9. The number of benzene rings is 2. The number of likely N-dealkylation sites (tertiary alicyclic amines) is 1. The number of nitrogens with one attached hydrogen (secondary N) is 1. The van der Waals surface area contributed by atoms with Crippen molar-refractivity contribution in [3.05, 3.63) is 96.3 Å². The molecule has 2 aromatic carbocycles. The smallest absolute Gasteiger partial charge is 0.270 e. The fourth-order valence-electron chi connectivity index (χ4n) is 5.84. The zero-order chi connectivity index (χ0) is 31.1. The van der Waals surface area contributed by atoms with E-state index in [-0.39, 0.29) is 30.5 Å². The second-order valence-corrected chi connectivity index (χ2v) is 11.4. The molecule has 0 bridgehead atoms. The van der Waals surface area contributed by atoms with Gasteiger partial charge >= 0.3 is 0 Å². The number of nitrogens with zero attached hydrogens (tertiary/aromatic N) is 4. The van der Waals surface area contributed by atoms with Crippen LogP contribution in [0.3, 0.4) is 0 Å². The lowest BCUT2D eigenvalue weighted by Gasteiger charge is -2.34. The minimum atomic E-state index is -0.921. The van der Waals surface area contributed by atoms with Crippen molar-refractivity contribution in [1.29, 1.82) is 0 Å². The van der Waals surface area contributed by atoms with Gasteiger partial charge in [-0.15, -0.1) is 0 Å². The van der Waals surface area contributed by atoms with Crippen molar-refractivity contribution < 1.29 is 19.5 Å². The zero-order valence-corrected chi connectivity index (χ0v) is 25.2. The molecule has 0 radical (unpaired) electrons. The van der Waals surface area contributed by atoms with Gasteiger partial charge in [0, 0.05) is 37.3 Å². The number of aromatic nitrogens is 2. The zero-order valence-electron chi connectivity index (χ0n) is 25.2. The number of amides is 3. The van der Waals surface area contributed by atoms with Crippen molar-refractivity contribution in [2.45, 2.75) is 57.2 Å². The molecule has 2 aromatic heterocycles. The summed E-state index contributed by atoms with van der Waals surface area (Å²) in [5, 5.41) is 15.0. The Labute approximate surface area is 257 Å². The third-order valence-corrected chi connectivity index (χ3v) is 8.23. The van der Waals surface area contributed by atoms with Gasteiger partial charge in [-0.25, -0.2) is 4.98 Å². The first-order valence-electron chi connectivity index (χ1n) is 15.2. The van der Waals surface area contributed by atoms with E-state index < -0.39 is 24.1 Å². The minimum absolute atomic E-state index is 0.0733. The number of hydrogen-bond donors (Lipinski definition) is 2. The van der Waals surface area contributed by atoms with Crippen molar-refractivity contribution in [2.75, 3.05) is 20.1 Å². The van der Waals surface area contributed by atoms with Crippen LogP contribution in [0.4, 0.5) is 0 Å². The third kappa shape index (κ3) is 7.29. The molecule has 3 atom stereocenters. The van der Waals surface area contributed by atoms with Crippen LogP contribution < -0.4 is 5.32 Å². The van der Waals surface area contributed by atoms with Crippen LogP contribution in [-0.2, 0) is 16.0 Å². The van der Waals surface area contributed by atoms with Gasteiger partial charge in [0.2, 0.25) is 11.8 Å². The molecule has 3 heterocycles. The minimum Gasteiger partial charge on any atom is -0.389 e. The lowest BCUT2D eigenvalue weighted by Crippen LogP contribution is -2.54. The summed E-state index contributed by atoms with van der Waals surface area (Å²) in [6, 6.07) is 23.3. The Balaban J connectivity index is 1.21. The molecule has 4 aromatic rings. The van der Waals surface area contributed by atoms with Crippen LogP contribution in [0, 0.1) is 0 Å². The Hall–Kier alpha value is -4.63. The van der Waals surface area contributed by atoms with Gasteiger partial charge in [-0.05, 0) is 55.2 Å².